The minimum absolute atomic E-state index is 0.0115. The van der Waals surface area contributed by atoms with E-state index >= 15 is 0 Å². The fourth-order valence-electron chi connectivity index (χ4n) is 3.24. The molecule has 3 rings (SSSR count). The van der Waals surface area contributed by atoms with Crippen molar-refractivity contribution in [3.8, 4) is 0 Å². The highest BCUT2D eigenvalue weighted by Gasteiger charge is 2.30. The Hall–Kier alpha value is -2.15. The van der Waals surface area contributed by atoms with Gasteiger partial charge in [-0.15, -0.1) is 0 Å². The quantitative estimate of drug-likeness (QED) is 0.852. The SMILES string of the molecule is Cc1noc([C@@H]2CCCN(C(=O)NC[Si](C)(C)c3ccccc3)C2)n1. The summed E-state index contributed by atoms with van der Waals surface area (Å²) in [4.78, 5) is 18.8. The van der Waals surface area contributed by atoms with Crippen LogP contribution in [0.2, 0.25) is 13.1 Å². The number of amides is 2. The molecule has 1 saturated heterocycles. The Morgan fingerprint density at radius 3 is 2.80 bits per heavy atom. The molecule has 0 saturated carbocycles. The topological polar surface area (TPSA) is 71.3 Å². The molecule has 1 atom stereocenters. The Kier molecular flexibility index (Phi) is 5.22. The number of piperidine rings is 1. The van der Waals surface area contributed by atoms with Crippen molar-refractivity contribution in [1.82, 2.24) is 20.4 Å². The molecule has 2 aromatic rings. The number of hydrogen-bond acceptors (Lipinski definition) is 4. The van der Waals surface area contributed by atoms with E-state index in [2.05, 4.69) is 52.8 Å². The van der Waals surface area contributed by atoms with Gasteiger partial charge in [0.2, 0.25) is 5.89 Å². The van der Waals surface area contributed by atoms with Crippen molar-refractivity contribution in [1.29, 1.82) is 0 Å². The largest absolute Gasteiger partial charge is 0.341 e. The van der Waals surface area contributed by atoms with Crippen molar-refractivity contribution in [2.45, 2.75) is 38.8 Å². The lowest BCUT2D eigenvalue weighted by atomic mass is 9.98. The standard InChI is InChI=1S/C18H26N4O2Si/c1-14-20-17(24-21-14)15-8-7-11-22(12-15)18(23)19-13-25(2,3)16-9-5-4-6-10-16/h4-6,9-10,15H,7-8,11-13H2,1-3H3,(H,19,23)/t15-/m1/s1. The van der Waals surface area contributed by atoms with E-state index in [0.29, 0.717) is 18.3 Å². The zero-order valence-corrected chi connectivity index (χ0v) is 16.2. The number of rotatable bonds is 4. The molecule has 1 N–H and O–H groups in total. The second-order valence-corrected chi connectivity index (χ2v) is 12.1. The van der Waals surface area contributed by atoms with Crippen LogP contribution in [0.4, 0.5) is 4.79 Å². The van der Waals surface area contributed by atoms with Gasteiger partial charge in [0.15, 0.2) is 5.82 Å². The predicted molar refractivity (Wildman–Crippen MR) is 99.5 cm³/mol. The zero-order chi connectivity index (χ0) is 17.9. The first kappa shape index (κ1) is 17.7. The number of nitrogens with zero attached hydrogens (tertiary/aromatic N) is 3. The van der Waals surface area contributed by atoms with Crippen LogP contribution in [0.25, 0.3) is 0 Å². The molecule has 0 aliphatic carbocycles. The maximum Gasteiger partial charge on any atom is 0.317 e. The third-order valence-corrected chi connectivity index (χ3v) is 7.79. The lowest BCUT2D eigenvalue weighted by Gasteiger charge is -2.32. The lowest BCUT2D eigenvalue weighted by Crippen LogP contribution is -2.55. The van der Waals surface area contributed by atoms with E-state index in [1.54, 1.807) is 0 Å². The molecular formula is C18H26N4O2Si. The van der Waals surface area contributed by atoms with Crippen LogP contribution in [0.15, 0.2) is 34.9 Å². The maximum atomic E-state index is 12.6. The first-order valence-electron chi connectivity index (χ1n) is 8.84. The Balaban J connectivity index is 1.57. The van der Waals surface area contributed by atoms with Gasteiger partial charge in [0.05, 0.1) is 5.92 Å². The van der Waals surface area contributed by atoms with E-state index in [0.717, 1.165) is 25.6 Å². The highest BCUT2D eigenvalue weighted by atomic mass is 28.3. The second-order valence-electron chi connectivity index (χ2n) is 7.37. The van der Waals surface area contributed by atoms with Gasteiger partial charge in [-0.3, -0.25) is 0 Å². The van der Waals surface area contributed by atoms with Crippen LogP contribution in [0, 0.1) is 6.92 Å². The van der Waals surface area contributed by atoms with Gasteiger partial charge < -0.3 is 14.7 Å². The predicted octanol–water partition coefficient (Wildman–Crippen LogP) is 2.42. The van der Waals surface area contributed by atoms with E-state index < -0.39 is 8.07 Å². The smallest absolute Gasteiger partial charge is 0.317 e. The highest BCUT2D eigenvalue weighted by molar-refractivity contribution is 6.90. The summed E-state index contributed by atoms with van der Waals surface area (Å²) in [7, 11) is -1.68. The Labute approximate surface area is 149 Å². The Morgan fingerprint density at radius 1 is 1.36 bits per heavy atom. The van der Waals surface area contributed by atoms with E-state index in [9.17, 15) is 4.79 Å². The molecule has 0 spiro atoms. The second kappa shape index (κ2) is 7.39. The van der Waals surface area contributed by atoms with Crippen molar-refractivity contribution in [3.63, 3.8) is 0 Å². The maximum absolute atomic E-state index is 12.6. The molecule has 1 fully saturated rings. The number of aromatic nitrogens is 2. The molecule has 2 heterocycles. The van der Waals surface area contributed by atoms with Gasteiger partial charge in [-0.1, -0.05) is 53.8 Å². The Morgan fingerprint density at radius 2 is 2.12 bits per heavy atom. The molecule has 7 heteroatoms. The molecule has 1 aromatic carbocycles. The fourth-order valence-corrected chi connectivity index (χ4v) is 5.13. The number of benzene rings is 1. The summed E-state index contributed by atoms with van der Waals surface area (Å²) < 4.78 is 5.29. The summed E-state index contributed by atoms with van der Waals surface area (Å²) in [6, 6.07) is 10.5. The first-order valence-corrected chi connectivity index (χ1v) is 12.0. The van der Waals surface area contributed by atoms with Gasteiger partial charge >= 0.3 is 6.03 Å². The van der Waals surface area contributed by atoms with Crippen LogP contribution < -0.4 is 10.5 Å². The van der Waals surface area contributed by atoms with Gasteiger partial charge in [-0.2, -0.15) is 4.98 Å². The highest BCUT2D eigenvalue weighted by Crippen LogP contribution is 2.25. The van der Waals surface area contributed by atoms with Crippen molar-refractivity contribution in [2.75, 3.05) is 19.3 Å². The number of carbonyl (C=O) groups is 1. The molecule has 0 unspecified atom stereocenters. The van der Waals surface area contributed by atoms with E-state index in [-0.39, 0.29) is 11.9 Å². The third kappa shape index (κ3) is 4.28. The molecule has 1 aliphatic heterocycles. The summed E-state index contributed by atoms with van der Waals surface area (Å²) in [6.45, 7) is 7.80. The van der Waals surface area contributed by atoms with Crippen LogP contribution in [0.5, 0.6) is 0 Å². The molecule has 2 amide bonds. The number of likely N-dealkylation sites (tertiary alicyclic amines) is 1. The molecular weight excluding hydrogens is 332 g/mol. The van der Waals surface area contributed by atoms with Gasteiger partial charge in [0.25, 0.3) is 0 Å². The van der Waals surface area contributed by atoms with Crippen LogP contribution in [-0.2, 0) is 0 Å². The zero-order valence-electron chi connectivity index (χ0n) is 15.2. The van der Waals surface area contributed by atoms with Crippen LogP contribution in [0.3, 0.4) is 0 Å². The molecule has 6 nitrogen and oxygen atoms in total. The summed E-state index contributed by atoms with van der Waals surface area (Å²) in [6.07, 6.45) is 2.67. The first-order chi connectivity index (χ1) is 12.0. The summed E-state index contributed by atoms with van der Waals surface area (Å²) in [5.74, 6) is 1.43. The van der Waals surface area contributed by atoms with Crippen LogP contribution in [0.1, 0.15) is 30.5 Å². The minimum atomic E-state index is -1.68. The van der Waals surface area contributed by atoms with E-state index in [1.807, 2.05) is 17.9 Å². The summed E-state index contributed by atoms with van der Waals surface area (Å²) in [5.41, 5.74) is 0. The van der Waals surface area contributed by atoms with Crippen LogP contribution in [-0.4, -0.2) is 48.4 Å². The molecule has 0 bridgehead atoms. The fraction of sp³-hybridized carbons (Fsp3) is 0.500. The van der Waals surface area contributed by atoms with E-state index in [4.69, 9.17) is 4.52 Å². The minimum Gasteiger partial charge on any atom is -0.341 e. The van der Waals surface area contributed by atoms with Gasteiger partial charge in [-0.05, 0) is 19.8 Å². The average Bonchev–Trinajstić information content (AvgIpc) is 3.07. The molecule has 25 heavy (non-hydrogen) atoms. The van der Waals surface area contributed by atoms with Crippen LogP contribution >= 0.6 is 0 Å². The van der Waals surface area contributed by atoms with E-state index in [1.165, 1.54) is 5.19 Å². The number of hydrogen-bond donors (Lipinski definition) is 1. The molecule has 1 aliphatic rings. The third-order valence-electron chi connectivity index (χ3n) is 4.84. The van der Waals surface area contributed by atoms with Gasteiger partial charge in [0, 0.05) is 19.3 Å². The monoisotopic (exact) mass is 358 g/mol. The summed E-state index contributed by atoms with van der Waals surface area (Å²) >= 11 is 0. The molecule has 134 valence electrons. The van der Waals surface area contributed by atoms with Crippen molar-refractivity contribution < 1.29 is 9.32 Å². The average molecular weight is 359 g/mol. The number of carbonyl (C=O) groups excluding carboxylic acids is 1. The lowest BCUT2D eigenvalue weighted by molar-refractivity contribution is 0.173. The molecule has 0 radical (unpaired) electrons. The van der Waals surface area contributed by atoms with Crippen molar-refractivity contribution in [2.24, 2.45) is 0 Å². The van der Waals surface area contributed by atoms with Gasteiger partial charge in [-0.25, -0.2) is 4.79 Å². The van der Waals surface area contributed by atoms with Crippen molar-refractivity contribution in [3.05, 3.63) is 42.0 Å². The number of urea groups is 1. The number of aryl methyl sites for hydroxylation is 1. The number of nitrogens with one attached hydrogen (secondary N) is 1. The summed E-state index contributed by atoms with van der Waals surface area (Å²) in [5, 5.41) is 8.37. The normalized spacial score (nSPS) is 18.2. The Bertz CT molecular complexity index is 717. The molecule has 1 aromatic heterocycles. The van der Waals surface area contributed by atoms with Crippen molar-refractivity contribution >= 4 is 19.3 Å². The van der Waals surface area contributed by atoms with Gasteiger partial charge in [0.1, 0.15) is 8.07 Å².